The molecule has 2 amide bonds. The maximum absolute atomic E-state index is 12.0. The van der Waals surface area contributed by atoms with E-state index in [0.29, 0.717) is 18.1 Å². The molecule has 0 aliphatic carbocycles. The Bertz CT molecular complexity index is 526. The molecule has 1 atom stereocenters. The molecule has 20 heavy (non-hydrogen) atoms. The lowest BCUT2D eigenvalue weighted by atomic mass is 10.2. The summed E-state index contributed by atoms with van der Waals surface area (Å²) >= 11 is 1.34. The van der Waals surface area contributed by atoms with E-state index in [1.165, 1.54) is 11.3 Å². The molecule has 0 bridgehead atoms. The minimum atomic E-state index is -0.0945. The number of aromatic nitrogens is 1. The van der Waals surface area contributed by atoms with Crippen molar-refractivity contribution in [3.05, 3.63) is 10.6 Å². The van der Waals surface area contributed by atoms with E-state index in [4.69, 9.17) is 5.73 Å². The molecule has 2 heterocycles. The highest BCUT2D eigenvalue weighted by Gasteiger charge is 2.31. The van der Waals surface area contributed by atoms with Crippen molar-refractivity contribution in [1.82, 2.24) is 15.2 Å². The zero-order valence-electron chi connectivity index (χ0n) is 12.0. The highest BCUT2D eigenvalue weighted by molar-refractivity contribution is 7.15. The van der Waals surface area contributed by atoms with Gasteiger partial charge < -0.3 is 16.0 Å². The highest BCUT2D eigenvalue weighted by atomic mass is 32.1. The van der Waals surface area contributed by atoms with Crippen molar-refractivity contribution >= 4 is 28.3 Å². The number of nitrogens with two attached hydrogens (primary N) is 1. The van der Waals surface area contributed by atoms with Crippen molar-refractivity contribution in [2.75, 3.05) is 12.3 Å². The van der Waals surface area contributed by atoms with Crippen molar-refractivity contribution in [2.24, 2.45) is 0 Å². The number of likely N-dealkylation sites (tertiary alicyclic amines) is 1. The van der Waals surface area contributed by atoms with Gasteiger partial charge in [-0.2, -0.15) is 0 Å². The summed E-state index contributed by atoms with van der Waals surface area (Å²) in [5, 5.41) is 3.39. The maximum atomic E-state index is 12.0. The molecule has 1 aliphatic heterocycles. The van der Waals surface area contributed by atoms with Crippen LogP contribution in [0.3, 0.4) is 0 Å². The molecule has 110 valence electrons. The topological polar surface area (TPSA) is 88.3 Å². The third-order valence-corrected chi connectivity index (χ3v) is 4.36. The Morgan fingerprint density at radius 3 is 2.80 bits per heavy atom. The van der Waals surface area contributed by atoms with Crippen molar-refractivity contribution in [2.45, 2.75) is 45.7 Å². The molecule has 0 saturated carbocycles. The van der Waals surface area contributed by atoms with Crippen LogP contribution in [0.2, 0.25) is 0 Å². The number of nitrogens with one attached hydrogen (secondary N) is 1. The number of anilines is 1. The first kappa shape index (κ1) is 14.8. The van der Waals surface area contributed by atoms with Crippen LogP contribution in [0.5, 0.6) is 0 Å². The summed E-state index contributed by atoms with van der Waals surface area (Å²) in [7, 11) is 0. The first-order valence-electron chi connectivity index (χ1n) is 6.67. The Kier molecular flexibility index (Phi) is 4.27. The van der Waals surface area contributed by atoms with Gasteiger partial charge in [-0.1, -0.05) is 0 Å². The van der Waals surface area contributed by atoms with Gasteiger partial charge in [0.1, 0.15) is 0 Å². The highest BCUT2D eigenvalue weighted by Crippen LogP contribution is 2.20. The third kappa shape index (κ3) is 3.27. The molecule has 1 fully saturated rings. The second-order valence-corrected chi connectivity index (χ2v) is 6.46. The van der Waals surface area contributed by atoms with Gasteiger partial charge in [-0.05, 0) is 20.8 Å². The van der Waals surface area contributed by atoms with Crippen LogP contribution in [-0.2, 0) is 16.0 Å². The van der Waals surface area contributed by atoms with Gasteiger partial charge in [0, 0.05) is 23.9 Å². The van der Waals surface area contributed by atoms with Crippen molar-refractivity contribution < 1.29 is 9.59 Å². The molecule has 0 aromatic carbocycles. The molecule has 7 heteroatoms. The van der Waals surface area contributed by atoms with Crippen LogP contribution in [0.4, 0.5) is 5.13 Å². The van der Waals surface area contributed by atoms with E-state index in [0.717, 1.165) is 10.6 Å². The third-order valence-electron chi connectivity index (χ3n) is 3.38. The number of carbonyl (C=O) groups excluding carboxylic acids is 2. The molecule has 1 aliphatic rings. The molecule has 2 rings (SSSR count). The summed E-state index contributed by atoms with van der Waals surface area (Å²) < 4.78 is 0. The zero-order chi connectivity index (χ0) is 14.9. The quantitative estimate of drug-likeness (QED) is 0.856. The number of carbonyl (C=O) groups is 2. The van der Waals surface area contributed by atoms with E-state index < -0.39 is 0 Å². The molecule has 1 aromatic heterocycles. The molecule has 1 saturated heterocycles. The number of hydrogen-bond acceptors (Lipinski definition) is 5. The first-order valence-corrected chi connectivity index (χ1v) is 7.49. The van der Waals surface area contributed by atoms with Gasteiger partial charge in [0.2, 0.25) is 11.8 Å². The lowest BCUT2D eigenvalue weighted by molar-refractivity contribution is -0.129. The summed E-state index contributed by atoms with van der Waals surface area (Å²) in [5.74, 6) is 0.0173. The SMILES string of the molecule is Cc1nc(N)sc1CC(=O)NC1CC(=O)N(C(C)C)C1. The normalized spacial score (nSPS) is 18.9. The number of nitrogen functional groups attached to an aromatic ring is 1. The predicted octanol–water partition coefficient (Wildman–Crippen LogP) is 0.702. The van der Waals surface area contributed by atoms with Gasteiger partial charge in [0.25, 0.3) is 0 Å². The van der Waals surface area contributed by atoms with Gasteiger partial charge in [0.05, 0.1) is 18.2 Å². The van der Waals surface area contributed by atoms with E-state index in [1.54, 1.807) is 4.90 Å². The number of amides is 2. The Balaban J connectivity index is 1.90. The number of rotatable bonds is 4. The fourth-order valence-corrected chi connectivity index (χ4v) is 3.20. The number of aryl methyl sites for hydroxylation is 1. The largest absolute Gasteiger partial charge is 0.375 e. The van der Waals surface area contributed by atoms with Crippen molar-refractivity contribution in [1.29, 1.82) is 0 Å². The molecule has 3 N–H and O–H groups in total. The summed E-state index contributed by atoms with van der Waals surface area (Å²) in [5.41, 5.74) is 6.41. The van der Waals surface area contributed by atoms with Gasteiger partial charge in [-0.15, -0.1) is 11.3 Å². The second-order valence-electron chi connectivity index (χ2n) is 5.35. The van der Waals surface area contributed by atoms with E-state index in [1.807, 2.05) is 20.8 Å². The van der Waals surface area contributed by atoms with Crippen LogP contribution >= 0.6 is 11.3 Å². The van der Waals surface area contributed by atoms with Gasteiger partial charge in [-0.25, -0.2) is 4.98 Å². The van der Waals surface area contributed by atoms with Crippen LogP contribution in [0.15, 0.2) is 0 Å². The predicted molar refractivity (Wildman–Crippen MR) is 78.4 cm³/mol. The molecule has 0 radical (unpaired) electrons. The molecule has 6 nitrogen and oxygen atoms in total. The van der Waals surface area contributed by atoms with Crippen molar-refractivity contribution in [3.63, 3.8) is 0 Å². The fraction of sp³-hybridized carbons (Fsp3) is 0.615. The number of thiazole rings is 1. The summed E-state index contributed by atoms with van der Waals surface area (Å²) in [6, 6.07) is 0.0796. The Labute approximate surface area is 122 Å². The van der Waals surface area contributed by atoms with E-state index in [9.17, 15) is 9.59 Å². The maximum Gasteiger partial charge on any atom is 0.225 e. The van der Waals surface area contributed by atoms with Crippen LogP contribution in [0.1, 0.15) is 30.8 Å². The van der Waals surface area contributed by atoms with E-state index in [-0.39, 0.29) is 30.3 Å². The Morgan fingerprint density at radius 1 is 1.60 bits per heavy atom. The monoisotopic (exact) mass is 296 g/mol. The standard InChI is InChI=1S/C13H20N4O2S/c1-7(2)17-6-9(4-12(17)19)16-11(18)5-10-8(3)15-13(14)20-10/h7,9H,4-6H2,1-3H3,(H2,14,15)(H,16,18). The Morgan fingerprint density at radius 2 is 2.30 bits per heavy atom. The average molecular weight is 296 g/mol. The van der Waals surface area contributed by atoms with Crippen LogP contribution < -0.4 is 11.1 Å². The molecule has 0 spiro atoms. The summed E-state index contributed by atoms with van der Waals surface area (Å²) in [6.07, 6.45) is 0.654. The summed E-state index contributed by atoms with van der Waals surface area (Å²) in [6.45, 7) is 6.39. The number of nitrogens with zero attached hydrogens (tertiary/aromatic N) is 2. The summed E-state index contributed by atoms with van der Waals surface area (Å²) in [4.78, 5) is 30.6. The van der Waals surface area contributed by atoms with Gasteiger partial charge in [-0.3, -0.25) is 9.59 Å². The van der Waals surface area contributed by atoms with E-state index >= 15 is 0 Å². The van der Waals surface area contributed by atoms with Crippen molar-refractivity contribution in [3.8, 4) is 0 Å². The van der Waals surface area contributed by atoms with Crippen LogP contribution in [0, 0.1) is 6.92 Å². The average Bonchev–Trinajstić information content (AvgIpc) is 2.82. The zero-order valence-corrected chi connectivity index (χ0v) is 12.8. The lowest BCUT2D eigenvalue weighted by Crippen LogP contribution is -2.39. The minimum Gasteiger partial charge on any atom is -0.375 e. The second kappa shape index (κ2) is 5.78. The van der Waals surface area contributed by atoms with Gasteiger partial charge in [0.15, 0.2) is 5.13 Å². The molecular formula is C13H20N4O2S. The smallest absolute Gasteiger partial charge is 0.225 e. The molecule has 1 aromatic rings. The van der Waals surface area contributed by atoms with Crippen LogP contribution in [0.25, 0.3) is 0 Å². The molecule has 1 unspecified atom stereocenters. The lowest BCUT2D eigenvalue weighted by Gasteiger charge is -2.21. The Hall–Kier alpha value is -1.63. The van der Waals surface area contributed by atoms with Crippen LogP contribution in [-0.4, -0.2) is 40.3 Å². The first-order chi connectivity index (χ1) is 9.36. The van der Waals surface area contributed by atoms with Gasteiger partial charge >= 0.3 is 0 Å². The fourth-order valence-electron chi connectivity index (χ4n) is 2.37. The molecular weight excluding hydrogens is 276 g/mol. The number of hydrogen-bond donors (Lipinski definition) is 2. The van der Waals surface area contributed by atoms with E-state index in [2.05, 4.69) is 10.3 Å². The minimum absolute atomic E-state index is 0.0832.